The van der Waals surface area contributed by atoms with E-state index in [0.29, 0.717) is 12.5 Å². The Morgan fingerprint density at radius 3 is 2.42 bits per heavy atom. The molecule has 0 fully saturated rings. The lowest BCUT2D eigenvalue weighted by Gasteiger charge is -2.06. The molecule has 5 heteroatoms. The van der Waals surface area contributed by atoms with Gasteiger partial charge in [0.15, 0.2) is 0 Å². The van der Waals surface area contributed by atoms with Crippen molar-refractivity contribution in [2.75, 3.05) is 16.7 Å². The lowest BCUT2D eigenvalue weighted by molar-refractivity contribution is 0.564. The van der Waals surface area contributed by atoms with Gasteiger partial charge < -0.3 is 0 Å². The quantitative estimate of drug-likeness (QED) is 0.595. The summed E-state index contributed by atoms with van der Waals surface area (Å²) in [7, 11) is -2.99. The van der Waals surface area contributed by atoms with Crippen molar-refractivity contribution in [2.45, 2.75) is 20.3 Å². The second kappa shape index (κ2) is 6.15. The zero-order chi connectivity index (χ0) is 9.61. The fourth-order valence-electron chi connectivity index (χ4n) is 0.657. The Morgan fingerprint density at radius 2 is 2.00 bits per heavy atom. The number of rotatable bonds is 6. The molecule has 0 amide bonds. The summed E-state index contributed by atoms with van der Waals surface area (Å²) >= 11 is 2.14. The minimum absolute atomic E-state index is 0.251. The van der Waals surface area contributed by atoms with Crippen molar-refractivity contribution in [3.63, 3.8) is 0 Å². The molecule has 0 rings (SSSR count). The molecule has 1 N–H and O–H groups in total. The van der Waals surface area contributed by atoms with E-state index in [0.717, 1.165) is 10.8 Å². The molecule has 0 aromatic rings. The first-order valence-electron chi connectivity index (χ1n) is 4.01. The summed E-state index contributed by atoms with van der Waals surface area (Å²) in [6.07, 6.45) is 0.733. The number of hydrogen-bond acceptors (Lipinski definition) is 2. The van der Waals surface area contributed by atoms with Crippen molar-refractivity contribution in [3.8, 4) is 0 Å². The predicted molar refractivity (Wildman–Crippen MR) is 60.1 cm³/mol. The van der Waals surface area contributed by atoms with Gasteiger partial charge in [-0.2, -0.15) is 0 Å². The van der Waals surface area contributed by atoms with Crippen LogP contribution in [0.2, 0.25) is 0 Å². The van der Waals surface area contributed by atoms with E-state index in [-0.39, 0.29) is 5.75 Å². The molecule has 0 saturated heterocycles. The molecule has 0 aliphatic rings. The maximum atomic E-state index is 11.2. The molecule has 0 bridgehead atoms. The molecule has 0 radical (unpaired) electrons. The summed E-state index contributed by atoms with van der Waals surface area (Å²) in [5.41, 5.74) is 0. The second-order valence-corrected chi connectivity index (χ2v) is 6.09. The fraction of sp³-hybridized carbons (Fsp3) is 1.00. The van der Waals surface area contributed by atoms with Gasteiger partial charge in [-0.25, -0.2) is 13.1 Å². The normalized spacial score (nSPS) is 12.3. The maximum Gasteiger partial charge on any atom is 0.211 e. The van der Waals surface area contributed by atoms with Crippen LogP contribution in [0.4, 0.5) is 0 Å². The third kappa shape index (κ3) is 7.30. The van der Waals surface area contributed by atoms with E-state index >= 15 is 0 Å². The van der Waals surface area contributed by atoms with Crippen molar-refractivity contribution in [2.24, 2.45) is 5.92 Å². The van der Waals surface area contributed by atoms with Crippen LogP contribution in [0.15, 0.2) is 0 Å². The van der Waals surface area contributed by atoms with E-state index in [4.69, 9.17) is 0 Å². The molecule has 0 aliphatic carbocycles. The van der Waals surface area contributed by atoms with Gasteiger partial charge >= 0.3 is 0 Å². The van der Waals surface area contributed by atoms with Crippen molar-refractivity contribution in [1.82, 2.24) is 4.72 Å². The average molecular weight is 305 g/mol. The SMILES string of the molecule is CC(C)CCS(=O)(=O)NCCI. The molecule has 0 aliphatic heterocycles. The molecule has 0 atom stereocenters. The zero-order valence-corrected chi connectivity index (χ0v) is 10.5. The van der Waals surface area contributed by atoms with Crippen LogP contribution in [-0.4, -0.2) is 25.1 Å². The van der Waals surface area contributed by atoms with Gasteiger partial charge in [-0.1, -0.05) is 36.4 Å². The average Bonchev–Trinajstić information content (AvgIpc) is 1.98. The number of hydrogen-bond donors (Lipinski definition) is 1. The van der Waals surface area contributed by atoms with E-state index in [1.165, 1.54) is 0 Å². The molecule has 0 unspecified atom stereocenters. The number of nitrogens with one attached hydrogen (secondary N) is 1. The molecule has 0 heterocycles. The monoisotopic (exact) mass is 305 g/mol. The van der Waals surface area contributed by atoms with Crippen LogP contribution in [0.1, 0.15) is 20.3 Å². The lowest BCUT2D eigenvalue weighted by atomic mass is 10.2. The zero-order valence-electron chi connectivity index (χ0n) is 7.51. The highest BCUT2D eigenvalue weighted by molar-refractivity contribution is 14.1. The van der Waals surface area contributed by atoms with Crippen LogP contribution >= 0.6 is 22.6 Å². The molecule has 0 aromatic carbocycles. The topological polar surface area (TPSA) is 46.2 Å². The standard InChI is InChI=1S/C7H16INO2S/c1-7(2)3-6-12(10,11)9-5-4-8/h7,9H,3-6H2,1-2H3. The Morgan fingerprint density at radius 1 is 1.42 bits per heavy atom. The van der Waals surface area contributed by atoms with Gasteiger partial charge in [0, 0.05) is 11.0 Å². The molecule has 74 valence electrons. The van der Waals surface area contributed by atoms with Gasteiger partial charge in [0.05, 0.1) is 5.75 Å². The molecule has 0 aromatic heterocycles. The highest BCUT2D eigenvalue weighted by Gasteiger charge is 2.09. The van der Waals surface area contributed by atoms with Gasteiger partial charge in [0.2, 0.25) is 10.0 Å². The summed E-state index contributed by atoms with van der Waals surface area (Å²) in [5.74, 6) is 0.697. The van der Waals surface area contributed by atoms with E-state index < -0.39 is 10.0 Å². The minimum Gasteiger partial charge on any atom is -0.214 e. The van der Waals surface area contributed by atoms with Crippen LogP contribution in [0.5, 0.6) is 0 Å². The van der Waals surface area contributed by atoms with Crippen molar-refractivity contribution >= 4 is 32.6 Å². The molecular formula is C7H16INO2S. The molecule has 0 saturated carbocycles. The van der Waals surface area contributed by atoms with Crippen LogP contribution in [0.3, 0.4) is 0 Å². The van der Waals surface area contributed by atoms with E-state index in [2.05, 4.69) is 27.3 Å². The number of sulfonamides is 1. The Balaban J connectivity index is 3.73. The highest BCUT2D eigenvalue weighted by atomic mass is 127. The van der Waals surface area contributed by atoms with Crippen LogP contribution in [0.25, 0.3) is 0 Å². The molecule has 12 heavy (non-hydrogen) atoms. The highest BCUT2D eigenvalue weighted by Crippen LogP contribution is 2.01. The van der Waals surface area contributed by atoms with Gasteiger partial charge in [0.1, 0.15) is 0 Å². The van der Waals surface area contributed by atoms with Crippen LogP contribution in [0, 0.1) is 5.92 Å². The largest absolute Gasteiger partial charge is 0.214 e. The van der Waals surface area contributed by atoms with Gasteiger partial charge in [-0.15, -0.1) is 0 Å². The Bertz CT molecular complexity index is 201. The van der Waals surface area contributed by atoms with Crippen LogP contribution < -0.4 is 4.72 Å². The third-order valence-electron chi connectivity index (χ3n) is 1.38. The number of alkyl halides is 1. The Hall–Kier alpha value is 0.640. The Kier molecular flexibility index (Phi) is 6.48. The second-order valence-electron chi connectivity index (χ2n) is 3.08. The summed E-state index contributed by atoms with van der Waals surface area (Å²) in [4.78, 5) is 0. The first kappa shape index (κ1) is 12.6. The Labute approximate surface area is 88.5 Å². The van der Waals surface area contributed by atoms with Crippen molar-refractivity contribution in [1.29, 1.82) is 0 Å². The smallest absolute Gasteiger partial charge is 0.211 e. The predicted octanol–water partition coefficient (Wildman–Crippen LogP) is 1.39. The van der Waals surface area contributed by atoms with Gasteiger partial charge in [-0.05, 0) is 12.3 Å². The molecule has 3 nitrogen and oxygen atoms in total. The summed E-state index contributed by atoms with van der Waals surface area (Å²) < 4.78 is 25.7. The van der Waals surface area contributed by atoms with Crippen molar-refractivity contribution in [3.05, 3.63) is 0 Å². The van der Waals surface area contributed by atoms with E-state index in [1.807, 2.05) is 13.8 Å². The first-order valence-corrected chi connectivity index (χ1v) is 7.19. The van der Waals surface area contributed by atoms with Crippen LogP contribution in [-0.2, 0) is 10.0 Å². The molecule has 0 spiro atoms. The van der Waals surface area contributed by atoms with Gasteiger partial charge in [0.25, 0.3) is 0 Å². The molecular weight excluding hydrogens is 289 g/mol. The summed E-state index contributed by atoms with van der Waals surface area (Å²) in [6, 6.07) is 0. The summed E-state index contributed by atoms with van der Waals surface area (Å²) in [5, 5.41) is 0. The van der Waals surface area contributed by atoms with Gasteiger partial charge in [-0.3, -0.25) is 0 Å². The van der Waals surface area contributed by atoms with Crippen molar-refractivity contribution < 1.29 is 8.42 Å². The third-order valence-corrected chi connectivity index (χ3v) is 3.34. The lowest BCUT2D eigenvalue weighted by Crippen LogP contribution is -2.28. The maximum absolute atomic E-state index is 11.2. The fourth-order valence-corrected chi connectivity index (χ4v) is 2.63. The van der Waals surface area contributed by atoms with E-state index in [9.17, 15) is 8.42 Å². The minimum atomic E-state index is -2.99. The summed E-state index contributed by atoms with van der Waals surface area (Å²) in [6.45, 7) is 4.59. The number of halogens is 1. The first-order chi connectivity index (χ1) is 5.48. The van der Waals surface area contributed by atoms with E-state index in [1.54, 1.807) is 0 Å².